The third-order valence-electron chi connectivity index (χ3n) is 5.50. The molecule has 0 fully saturated rings. The monoisotopic (exact) mass is 469 g/mol. The third kappa shape index (κ3) is 16.5. The highest BCUT2D eigenvalue weighted by Gasteiger charge is 2.25. The molecule has 0 heterocycles. The van der Waals surface area contributed by atoms with E-state index in [4.69, 9.17) is 0 Å². The lowest BCUT2D eigenvalue weighted by molar-refractivity contribution is -0.929. The van der Waals surface area contributed by atoms with E-state index in [1.54, 1.807) is 0 Å². The fourth-order valence-corrected chi connectivity index (χ4v) is 3.85. The molecule has 0 aliphatic rings. The normalized spacial score (nSPS) is 11.5. The predicted molar refractivity (Wildman–Crippen MR) is 108 cm³/mol. The van der Waals surface area contributed by atoms with Crippen LogP contribution in [0.5, 0.6) is 0 Å². The second-order valence-electron chi connectivity index (χ2n) is 7.85. The van der Waals surface area contributed by atoms with Gasteiger partial charge in [-0.2, -0.15) is 0 Å². The van der Waals surface area contributed by atoms with Gasteiger partial charge in [0.25, 0.3) is 0 Å². The lowest BCUT2D eigenvalue weighted by Crippen LogP contribution is -3.00. The highest BCUT2D eigenvalue weighted by molar-refractivity contribution is 4.53. The minimum atomic E-state index is 0. The predicted octanol–water partition coefficient (Wildman–Crippen LogP) is 3.32. The molecule has 0 rings (SSSR count). The second kappa shape index (κ2) is 21.0. The van der Waals surface area contributed by atoms with Gasteiger partial charge in [0.05, 0.1) is 26.2 Å². The molecule has 0 bridgehead atoms. The molecule has 154 valence electrons. The summed E-state index contributed by atoms with van der Waals surface area (Å²) in [6.45, 7) is 12.7. The van der Waals surface area contributed by atoms with Gasteiger partial charge in [-0.1, -0.05) is 59.3 Å². The molecule has 0 aromatic rings. The van der Waals surface area contributed by atoms with E-state index >= 15 is 0 Å². The Morgan fingerprint density at radius 3 is 1.08 bits per heavy atom. The number of nitrogens with zero attached hydrogens (tertiary/aromatic N) is 1. The first-order valence-electron chi connectivity index (χ1n) is 11.2. The SMILES string of the molecule is CCCCCC[N+](CCCCO)(CCCCCC)CCCCCC.[I-]. The van der Waals surface area contributed by atoms with Crippen LogP contribution in [0.4, 0.5) is 0 Å². The lowest BCUT2D eigenvalue weighted by Gasteiger charge is -2.39. The van der Waals surface area contributed by atoms with Gasteiger partial charge in [-0.05, 0) is 51.4 Å². The molecule has 0 radical (unpaired) electrons. The summed E-state index contributed by atoms with van der Waals surface area (Å²) >= 11 is 0. The molecule has 1 N–H and O–H groups in total. The summed E-state index contributed by atoms with van der Waals surface area (Å²) in [5.41, 5.74) is 0. The fraction of sp³-hybridized carbons (Fsp3) is 1.00. The van der Waals surface area contributed by atoms with Crippen molar-refractivity contribution in [2.45, 2.75) is 111 Å². The highest BCUT2D eigenvalue weighted by Crippen LogP contribution is 2.18. The van der Waals surface area contributed by atoms with Gasteiger partial charge in [-0.3, -0.25) is 0 Å². The summed E-state index contributed by atoms with van der Waals surface area (Å²) in [6, 6.07) is 0. The average Bonchev–Trinajstić information content (AvgIpc) is 2.60. The molecule has 3 heteroatoms. The Labute approximate surface area is 176 Å². The van der Waals surface area contributed by atoms with Crippen LogP contribution in [0.2, 0.25) is 0 Å². The van der Waals surface area contributed by atoms with Crippen molar-refractivity contribution in [3.63, 3.8) is 0 Å². The molecule has 2 nitrogen and oxygen atoms in total. The van der Waals surface area contributed by atoms with Crippen LogP contribution in [0.25, 0.3) is 0 Å². The zero-order chi connectivity index (χ0) is 17.9. The van der Waals surface area contributed by atoms with E-state index in [1.165, 1.54) is 114 Å². The maximum atomic E-state index is 9.19. The maximum Gasteiger partial charge on any atom is 0.0787 e. The van der Waals surface area contributed by atoms with Crippen LogP contribution in [0, 0.1) is 0 Å². The van der Waals surface area contributed by atoms with E-state index in [9.17, 15) is 5.11 Å². The van der Waals surface area contributed by atoms with Gasteiger partial charge in [-0.15, -0.1) is 0 Å². The fourth-order valence-electron chi connectivity index (χ4n) is 3.85. The number of aliphatic hydroxyl groups excluding tert-OH is 1. The molecule has 0 aromatic heterocycles. The minimum Gasteiger partial charge on any atom is -1.00 e. The van der Waals surface area contributed by atoms with E-state index in [0.29, 0.717) is 6.61 Å². The van der Waals surface area contributed by atoms with Crippen molar-refractivity contribution < 1.29 is 33.6 Å². The van der Waals surface area contributed by atoms with E-state index in [-0.39, 0.29) is 24.0 Å². The topological polar surface area (TPSA) is 20.2 Å². The van der Waals surface area contributed by atoms with Crippen molar-refractivity contribution >= 4 is 0 Å². The summed E-state index contributed by atoms with van der Waals surface area (Å²) in [5.74, 6) is 0. The Balaban J connectivity index is 0. The van der Waals surface area contributed by atoms with Crippen molar-refractivity contribution in [2.24, 2.45) is 0 Å². The number of hydrogen-bond acceptors (Lipinski definition) is 1. The van der Waals surface area contributed by atoms with Crippen molar-refractivity contribution in [3.8, 4) is 0 Å². The first-order valence-corrected chi connectivity index (χ1v) is 11.2. The zero-order valence-corrected chi connectivity index (χ0v) is 19.9. The van der Waals surface area contributed by atoms with Crippen LogP contribution in [0.1, 0.15) is 111 Å². The summed E-state index contributed by atoms with van der Waals surface area (Å²) < 4.78 is 1.34. The molecule has 0 aliphatic carbocycles. The van der Waals surface area contributed by atoms with Gasteiger partial charge in [0.15, 0.2) is 0 Å². The number of unbranched alkanes of at least 4 members (excludes halogenated alkanes) is 10. The molecule has 25 heavy (non-hydrogen) atoms. The van der Waals surface area contributed by atoms with Crippen molar-refractivity contribution in [1.29, 1.82) is 0 Å². The number of rotatable bonds is 19. The molecular formula is C22H48INO. The first kappa shape index (κ1) is 27.9. The number of quaternary nitrogens is 1. The molecule has 0 unspecified atom stereocenters. The molecule has 0 atom stereocenters. The maximum absolute atomic E-state index is 9.19. The summed E-state index contributed by atoms with van der Waals surface area (Å²) in [7, 11) is 0. The average molecular weight is 470 g/mol. The Kier molecular flexibility index (Phi) is 23.4. The third-order valence-corrected chi connectivity index (χ3v) is 5.50. The number of aliphatic hydroxyl groups is 1. The van der Waals surface area contributed by atoms with Gasteiger partial charge in [0.1, 0.15) is 0 Å². The standard InChI is InChI=1S/C22H48NO.HI/c1-4-7-10-13-18-23(21-16-17-22-24,19-14-11-8-5-2)20-15-12-9-6-3;/h24H,4-22H2,1-3H3;1H/q+1;/p-1. The second-order valence-corrected chi connectivity index (χ2v) is 7.85. The van der Waals surface area contributed by atoms with Gasteiger partial charge in [0.2, 0.25) is 0 Å². The van der Waals surface area contributed by atoms with Gasteiger partial charge in [-0.25, -0.2) is 0 Å². The van der Waals surface area contributed by atoms with Crippen LogP contribution >= 0.6 is 0 Å². The Morgan fingerprint density at radius 1 is 0.480 bits per heavy atom. The zero-order valence-electron chi connectivity index (χ0n) is 17.7. The molecule has 0 amide bonds. The molecule has 0 saturated carbocycles. The quantitative estimate of drug-likeness (QED) is 0.175. The van der Waals surface area contributed by atoms with Crippen LogP contribution in [-0.2, 0) is 0 Å². The Bertz CT molecular complexity index is 217. The van der Waals surface area contributed by atoms with E-state index in [2.05, 4.69) is 20.8 Å². The molecule has 0 aliphatic heterocycles. The molecule has 0 spiro atoms. The van der Waals surface area contributed by atoms with Gasteiger partial charge >= 0.3 is 0 Å². The molecule has 0 aromatic carbocycles. The van der Waals surface area contributed by atoms with Crippen LogP contribution in [-0.4, -0.2) is 42.4 Å². The van der Waals surface area contributed by atoms with Crippen LogP contribution < -0.4 is 24.0 Å². The minimum absolute atomic E-state index is 0. The van der Waals surface area contributed by atoms with Gasteiger partial charge in [0, 0.05) is 6.61 Å². The summed E-state index contributed by atoms with van der Waals surface area (Å²) in [5, 5.41) is 9.19. The first-order chi connectivity index (χ1) is 11.7. The van der Waals surface area contributed by atoms with Gasteiger partial charge < -0.3 is 33.6 Å². The Morgan fingerprint density at radius 2 is 0.800 bits per heavy atom. The number of halogens is 1. The Hall–Kier alpha value is 0.650. The van der Waals surface area contributed by atoms with Crippen molar-refractivity contribution in [2.75, 3.05) is 32.8 Å². The lowest BCUT2D eigenvalue weighted by atomic mass is 10.1. The number of hydrogen-bond donors (Lipinski definition) is 1. The smallest absolute Gasteiger partial charge is 0.0787 e. The molecular weight excluding hydrogens is 421 g/mol. The van der Waals surface area contributed by atoms with Crippen molar-refractivity contribution in [3.05, 3.63) is 0 Å². The largest absolute Gasteiger partial charge is 1.00 e. The van der Waals surface area contributed by atoms with E-state index < -0.39 is 0 Å². The summed E-state index contributed by atoms with van der Waals surface area (Å²) in [6.07, 6.45) is 18.8. The van der Waals surface area contributed by atoms with Crippen molar-refractivity contribution in [1.82, 2.24) is 0 Å². The van der Waals surface area contributed by atoms with Crippen LogP contribution in [0.15, 0.2) is 0 Å². The van der Waals surface area contributed by atoms with E-state index in [1.807, 2.05) is 0 Å². The van der Waals surface area contributed by atoms with Crippen LogP contribution in [0.3, 0.4) is 0 Å². The summed E-state index contributed by atoms with van der Waals surface area (Å²) in [4.78, 5) is 0. The van der Waals surface area contributed by atoms with E-state index in [0.717, 1.165) is 6.42 Å². The highest BCUT2D eigenvalue weighted by atomic mass is 127. The molecule has 0 saturated heterocycles.